The lowest BCUT2D eigenvalue weighted by Crippen LogP contribution is -2.30. The Kier molecular flexibility index (Phi) is 6.16. The Balaban J connectivity index is 1.52. The number of ether oxygens (including phenoxy) is 2. The Bertz CT molecular complexity index is 907. The van der Waals surface area contributed by atoms with E-state index in [9.17, 15) is 9.59 Å². The van der Waals surface area contributed by atoms with Crippen LogP contribution in [0.2, 0.25) is 0 Å². The number of thiophene rings is 1. The van der Waals surface area contributed by atoms with Gasteiger partial charge < -0.3 is 19.3 Å². The van der Waals surface area contributed by atoms with E-state index in [0.717, 1.165) is 0 Å². The number of nitrogens with one attached hydrogen (secondary N) is 1. The molecule has 0 aliphatic rings. The van der Waals surface area contributed by atoms with Crippen molar-refractivity contribution in [1.82, 2.24) is 15.5 Å². The van der Waals surface area contributed by atoms with E-state index in [1.54, 1.807) is 17.5 Å². The summed E-state index contributed by atoms with van der Waals surface area (Å²) in [7, 11) is 0. The van der Waals surface area contributed by atoms with Crippen LogP contribution in [0.1, 0.15) is 22.5 Å². The van der Waals surface area contributed by atoms with Crippen LogP contribution in [0.15, 0.2) is 46.3 Å². The Morgan fingerprint density at radius 3 is 2.85 bits per heavy atom. The van der Waals surface area contributed by atoms with Gasteiger partial charge in [-0.2, -0.15) is 4.98 Å². The summed E-state index contributed by atoms with van der Waals surface area (Å²) in [6.07, 6.45) is 0. The van der Waals surface area contributed by atoms with Crippen molar-refractivity contribution in [2.75, 3.05) is 13.2 Å². The average Bonchev–Trinajstić information content (AvgIpc) is 3.37. The molecule has 0 spiro atoms. The second kappa shape index (κ2) is 8.95. The number of nitrogens with zero attached hydrogens (tertiary/aromatic N) is 2. The van der Waals surface area contributed by atoms with Crippen molar-refractivity contribution >= 4 is 23.2 Å². The summed E-state index contributed by atoms with van der Waals surface area (Å²) in [6, 6.07) is 10.7. The number of aromatic nitrogens is 2. The number of amides is 1. The molecule has 0 saturated heterocycles. The molecule has 1 N–H and O–H groups in total. The molecule has 0 aliphatic heterocycles. The van der Waals surface area contributed by atoms with Gasteiger partial charge in [-0.25, -0.2) is 0 Å². The molecule has 1 aromatic carbocycles. The van der Waals surface area contributed by atoms with Crippen LogP contribution in [0.3, 0.4) is 0 Å². The first kappa shape index (κ1) is 18.6. The van der Waals surface area contributed by atoms with Gasteiger partial charge in [0.1, 0.15) is 12.3 Å². The van der Waals surface area contributed by atoms with Gasteiger partial charge in [-0.3, -0.25) is 9.59 Å². The second-order valence-corrected chi connectivity index (χ2v) is 6.21. The van der Waals surface area contributed by atoms with Crippen LogP contribution < -0.4 is 10.1 Å². The van der Waals surface area contributed by atoms with Gasteiger partial charge in [-0.15, -0.1) is 11.3 Å². The van der Waals surface area contributed by atoms with Crippen molar-refractivity contribution in [3.05, 3.63) is 52.5 Å². The molecule has 8 nitrogen and oxygen atoms in total. The van der Waals surface area contributed by atoms with Crippen molar-refractivity contribution < 1.29 is 23.6 Å². The van der Waals surface area contributed by atoms with Gasteiger partial charge in [-0.05, 0) is 30.5 Å². The van der Waals surface area contributed by atoms with Gasteiger partial charge in [0.2, 0.25) is 5.82 Å². The zero-order valence-electron chi connectivity index (χ0n) is 14.5. The molecule has 1 amide bonds. The lowest BCUT2D eigenvalue weighted by atomic mass is 10.2. The van der Waals surface area contributed by atoms with E-state index < -0.39 is 5.97 Å². The number of benzene rings is 1. The topological polar surface area (TPSA) is 104 Å². The van der Waals surface area contributed by atoms with Crippen molar-refractivity contribution in [1.29, 1.82) is 0 Å². The fraction of sp³-hybridized carbons (Fsp3) is 0.222. The highest BCUT2D eigenvalue weighted by Crippen LogP contribution is 2.27. The summed E-state index contributed by atoms with van der Waals surface area (Å²) in [5, 5.41) is 8.16. The van der Waals surface area contributed by atoms with E-state index in [-0.39, 0.29) is 24.9 Å². The van der Waals surface area contributed by atoms with Crippen molar-refractivity contribution in [2.45, 2.75) is 13.5 Å². The maximum atomic E-state index is 11.8. The van der Waals surface area contributed by atoms with E-state index in [4.69, 9.17) is 14.0 Å². The predicted octanol–water partition coefficient (Wildman–Crippen LogP) is 2.67. The molecule has 2 heterocycles. The van der Waals surface area contributed by atoms with E-state index >= 15 is 0 Å². The van der Waals surface area contributed by atoms with Gasteiger partial charge in [-0.1, -0.05) is 23.4 Å². The molecular weight excluding hydrogens is 370 g/mol. The molecule has 27 heavy (non-hydrogen) atoms. The molecule has 0 aliphatic carbocycles. The summed E-state index contributed by atoms with van der Waals surface area (Å²) < 4.78 is 15.7. The van der Waals surface area contributed by atoms with Crippen LogP contribution in [-0.4, -0.2) is 35.2 Å². The summed E-state index contributed by atoms with van der Waals surface area (Å²) in [5.41, 5.74) is 0.684. The molecular formula is C18H17N3O5S. The largest absolute Gasteiger partial charge is 0.493 e. The highest BCUT2D eigenvalue weighted by molar-refractivity contribution is 7.12. The molecule has 0 saturated carbocycles. The highest BCUT2D eigenvalue weighted by Gasteiger charge is 2.15. The highest BCUT2D eigenvalue weighted by atomic mass is 32.1. The standard InChI is InChI=1S/C18H17N3O5S/c1-2-24-13-7-4-3-6-12(13)17-20-15(26-21-17)11-25-16(22)10-19-18(23)14-8-5-9-27-14/h3-9H,2,10-11H2,1H3,(H,19,23). The van der Waals surface area contributed by atoms with Crippen LogP contribution in [0.5, 0.6) is 5.75 Å². The minimum atomic E-state index is -0.602. The number of hydrogen-bond donors (Lipinski definition) is 1. The molecule has 0 radical (unpaired) electrons. The second-order valence-electron chi connectivity index (χ2n) is 5.26. The minimum Gasteiger partial charge on any atom is -0.493 e. The fourth-order valence-electron chi connectivity index (χ4n) is 2.20. The van der Waals surface area contributed by atoms with Crippen LogP contribution in [0, 0.1) is 0 Å². The van der Waals surface area contributed by atoms with Crippen molar-refractivity contribution in [3.63, 3.8) is 0 Å². The predicted molar refractivity (Wildman–Crippen MR) is 97.4 cm³/mol. The quantitative estimate of drug-likeness (QED) is 0.593. The normalized spacial score (nSPS) is 10.4. The van der Waals surface area contributed by atoms with E-state index in [1.807, 2.05) is 31.2 Å². The summed E-state index contributed by atoms with van der Waals surface area (Å²) in [4.78, 5) is 28.3. The summed E-state index contributed by atoms with van der Waals surface area (Å²) in [6.45, 7) is 1.97. The molecule has 9 heteroatoms. The third kappa shape index (κ3) is 4.91. The molecule has 140 valence electrons. The van der Waals surface area contributed by atoms with E-state index in [0.29, 0.717) is 28.6 Å². The Morgan fingerprint density at radius 1 is 1.22 bits per heavy atom. The third-order valence-electron chi connectivity index (χ3n) is 3.39. The van der Waals surface area contributed by atoms with Crippen LogP contribution in [0.4, 0.5) is 0 Å². The maximum absolute atomic E-state index is 11.8. The minimum absolute atomic E-state index is 0.147. The van der Waals surface area contributed by atoms with Crippen molar-refractivity contribution in [3.8, 4) is 17.1 Å². The number of carbonyl (C=O) groups is 2. The zero-order valence-corrected chi connectivity index (χ0v) is 15.3. The van der Waals surface area contributed by atoms with Gasteiger partial charge in [0.15, 0.2) is 6.61 Å². The third-order valence-corrected chi connectivity index (χ3v) is 4.26. The van der Waals surface area contributed by atoms with E-state index in [2.05, 4.69) is 15.5 Å². The maximum Gasteiger partial charge on any atom is 0.325 e. The molecule has 2 aromatic heterocycles. The summed E-state index contributed by atoms with van der Waals surface area (Å²) in [5.74, 6) is 0.204. The first-order chi connectivity index (χ1) is 13.2. The van der Waals surface area contributed by atoms with Crippen LogP contribution >= 0.6 is 11.3 Å². The Morgan fingerprint density at radius 2 is 2.07 bits per heavy atom. The van der Waals surface area contributed by atoms with E-state index in [1.165, 1.54) is 11.3 Å². The van der Waals surface area contributed by atoms with Crippen molar-refractivity contribution in [2.24, 2.45) is 0 Å². The fourth-order valence-corrected chi connectivity index (χ4v) is 2.84. The van der Waals surface area contributed by atoms with Crippen LogP contribution in [0.25, 0.3) is 11.4 Å². The molecule has 0 fully saturated rings. The van der Waals surface area contributed by atoms with Gasteiger partial charge in [0.05, 0.1) is 17.0 Å². The first-order valence-electron chi connectivity index (χ1n) is 8.19. The number of rotatable bonds is 8. The van der Waals surface area contributed by atoms with Gasteiger partial charge in [0, 0.05) is 0 Å². The molecule has 0 atom stereocenters. The smallest absolute Gasteiger partial charge is 0.325 e. The first-order valence-corrected chi connectivity index (χ1v) is 9.07. The monoisotopic (exact) mass is 387 g/mol. The van der Waals surface area contributed by atoms with Crippen LogP contribution in [-0.2, 0) is 16.1 Å². The molecule has 0 bridgehead atoms. The average molecular weight is 387 g/mol. The summed E-state index contributed by atoms with van der Waals surface area (Å²) >= 11 is 1.29. The Hall–Kier alpha value is -3.20. The lowest BCUT2D eigenvalue weighted by Gasteiger charge is -2.06. The SMILES string of the molecule is CCOc1ccccc1-c1noc(COC(=O)CNC(=O)c2cccs2)n1. The number of hydrogen-bond acceptors (Lipinski definition) is 8. The number of esters is 1. The zero-order chi connectivity index (χ0) is 19.1. The number of para-hydroxylation sites is 1. The lowest BCUT2D eigenvalue weighted by molar-refractivity contribution is -0.144. The van der Waals surface area contributed by atoms with Gasteiger partial charge in [0.25, 0.3) is 11.8 Å². The van der Waals surface area contributed by atoms with Gasteiger partial charge >= 0.3 is 5.97 Å². The number of carbonyl (C=O) groups excluding carboxylic acids is 2. The Labute approximate surface area is 159 Å². The molecule has 0 unspecified atom stereocenters. The molecule has 3 aromatic rings. The molecule has 3 rings (SSSR count).